The topological polar surface area (TPSA) is 52.0 Å². The Morgan fingerprint density at radius 1 is 1.31 bits per heavy atom. The standard InChI is InChI=1S/C11H22N4O/c1-11(5-8-16-2)12-6-3-4-7-15-9-13-14-10-15/h9-12H,3-8H2,1-2H3. The third-order valence-electron chi connectivity index (χ3n) is 2.56. The van der Waals surface area contributed by atoms with Crippen molar-refractivity contribution in [2.75, 3.05) is 20.3 Å². The van der Waals surface area contributed by atoms with Gasteiger partial charge in [0.25, 0.3) is 0 Å². The molecule has 1 atom stereocenters. The van der Waals surface area contributed by atoms with Crippen LogP contribution in [0.15, 0.2) is 12.7 Å². The van der Waals surface area contributed by atoms with Gasteiger partial charge in [0.05, 0.1) is 0 Å². The maximum atomic E-state index is 5.03. The molecule has 16 heavy (non-hydrogen) atoms. The number of aromatic nitrogens is 3. The van der Waals surface area contributed by atoms with Crippen LogP contribution in [0, 0.1) is 0 Å². The fourth-order valence-electron chi connectivity index (χ4n) is 1.50. The van der Waals surface area contributed by atoms with Crippen molar-refractivity contribution in [1.29, 1.82) is 0 Å². The third kappa shape index (κ3) is 5.82. The molecular formula is C11H22N4O. The summed E-state index contributed by atoms with van der Waals surface area (Å²) in [4.78, 5) is 0. The summed E-state index contributed by atoms with van der Waals surface area (Å²) in [7, 11) is 1.74. The Morgan fingerprint density at radius 2 is 2.06 bits per heavy atom. The number of rotatable bonds is 9. The lowest BCUT2D eigenvalue weighted by Crippen LogP contribution is -2.28. The van der Waals surface area contributed by atoms with Gasteiger partial charge in [-0.2, -0.15) is 0 Å². The molecule has 1 aromatic heterocycles. The maximum absolute atomic E-state index is 5.03. The monoisotopic (exact) mass is 226 g/mol. The number of ether oxygens (including phenoxy) is 1. The number of hydrogen-bond donors (Lipinski definition) is 1. The highest BCUT2D eigenvalue weighted by molar-refractivity contribution is 4.62. The van der Waals surface area contributed by atoms with E-state index in [0.717, 1.165) is 32.5 Å². The molecule has 0 aliphatic rings. The molecule has 0 bridgehead atoms. The average molecular weight is 226 g/mol. The van der Waals surface area contributed by atoms with Gasteiger partial charge in [-0.25, -0.2) is 0 Å². The van der Waals surface area contributed by atoms with Gasteiger partial charge in [-0.3, -0.25) is 0 Å². The second-order valence-electron chi connectivity index (χ2n) is 4.04. The Hall–Kier alpha value is -0.940. The maximum Gasteiger partial charge on any atom is 0.119 e. The zero-order valence-corrected chi connectivity index (χ0v) is 10.2. The summed E-state index contributed by atoms with van der Waals surface area (Å²) in [6, 6.07) is 0.537. The zero-order valence-electron chi connectivity index (χ0n) is 10.2. The molecule has 5 heteroatoms. The summed E-state index contributed by atoms with van der Waals surface area (Å²) in [5.41, 5.74) is 0. The molecule has 0 aliphatic heterocycles. The number of unbranched alkanes of at least 4 members (excludes halogenated alkanes) is 1. The van der Waals surface area contributed by atoms with Gasteiger partial charge in [0.15, 0.2) is 0 Å². The van der Waals surface area contributed by atoms with Crippen molar-refractivity contribution in [2.24, 2.45) is 0 Å². The number of hydrogen-bond acceptors (Lipinski definition) is 4. The van der Waals surface area contributed by atoms with E-state index in [1.165, 1.54) is 6.42 Å². The van der Waals surface area contributed by atoms with Crippen LogP contribution in [0.5, 0.6) is 0 Å². The normalized spacial score (nSPS) is 12.9. The van der Waals surface area contributed by atoms with Crippen molar-refractivity contribution < 1.29 is 4.74 Å². The molecule has 0 fully saturated rings. The summed E-state index contributed by atoms with van der Waals surface area (Å²) in [6.07, 6.45) is 6.92. The predicted octanol–water partition coefficient (Wildman–Crippen LogP) is 1.07. The summed E-state index contributed by atoms with van der Waals surface area (Å²) >= 11 is 0. The molecule has 0 radical (unpaired) electrons. The van der Waals surface area contributed by atoms with Gasteiger partial charge in [0.1, 0.15) is 12.7 Å². The van der Waals surface area contributed by atoms with Gasteiger partial charge in [-0.05, 0) is 32.7 Å². The van der Waals surface area contributed by atoms with E-state index in [9.17, 15) is 0 Å². The summed E-state index contributed by atoms with van der Waals surface area (Å²) in [6.45, 7) is 5.09. The molecule has 1 heterocycles. The first kappa shape index (κ1) is 13.1. The van der Waals surface area contributed by atoms with Crippen molar-refractivity contribution in [3.8, 4) is 0 Å². The van der Waals surface area contributed by atoms with Crippen LogP contribution in [-0.4, -0.2) is 41.1 Å². The zero-order chi connectivity index (χ0) is 11.6. The summed E-state index contributed by atoms with van der Waals surface area (Å²) < 4.78 is 7.04. The lowest BCUT2D eigenvalue weighted by molar-refractivity contribution is 0.185. The van der Waals surface area contributed by atoms with Crippen molar-refractivity contribution in [2.45, 2.75) is 38.8 Å². The van der Waals surface area contributed by atoms with E-state index < -0.39 is 0 Å². The van der Waals surface area contributed by atoms with E-state index in [2.05, 4.69) is 22.4 Å². The average Bonchev–Trinajstić information content (AvgIpc) is 2.79. The highest BCUT2D eigenvalue weighted by Crippen LogP contribution is 1.95. The molecule has 0 aliphatic carbocycles. The number of aryl methyl sites for hydroxylation is 1. The molecule has 0 aromatic carbocycles. The van der Waals surface area contributed by atoms with E-state index in [0.29, 0.717) is 6.04 Å². The van der Waals surface area contributed by atoms with Gasteiger partial charge in [0, 0.05) is 26.3 Å². The molecule has 1 aromatic rings. The van der Waals surface area contributed by atoms with Crippen LogP contribution in [0.1, 0.15) is 26.2 Å². The van der Waals surface area contributed by atoms with Crippen LogP contribution in [0.4, 0.5) is 0 Å². The van der Waals surface area contributed by atoms with E-state index in [1.54, 1.807) is 19.8 Å². The van der Waals surface area contributed by atoms with Crippen LogP contribution in [0.25, 0.3) is 0 Å². The molecule has 0 amide bonds. The highest BCUT2D eigenvalue weighted by Gasteiger charge is 1.99. The van der Waals surface area contributed by atoms with Gasteiger partial charge >= 0.3 is 0 Å². The smallest absolute Gasteiger partial charge is 0.119 e. The molecule has 92 valence electrons. The van der Waals surface area contributed by atoms with Crippen molar-refractivity contribution in [3.05, 3.63) is 12.7 Å². The molecular weight excluding hydrogens is 204 g/mol. The number of nitrogens with zero attached hydrogens (tertiary/aromatic N) is 3. The molecule has 0 spiro atoms. The molecule has 1 N–H and O–H groups in total. The SMILES string of the molecule is COCCC(C)NCCCCn1cnnc1. The van der Waals surface area contributed by atoms with Gasteiger partial charge in [-0.15, -0.1) is 10.2 Å². The van der Waals surface area contributed by atoms with Gasteiger partial charge in [-0.1, -0.05) is 0 Å². The molecule has 1 rings (SSSR count). The largest absolute Gasteiger partial charge is 0.385 e. The predicted molar refractivity (Wildman–Crippen MR) is 63.2 cm³/mol. The van der Waals surface area contributed by atoms with Crippen LogP contribution < -0.4 is 5.32 Å². The Labute approximate surface area is 97.2 Å². The highest BCUT2D eigenvalue weighted by atomic mass is 16.5. The minimum absolute atomic E-state index is 0.537. The van der Waals surface area contributed by atoms with Crippen molar-refractivity contribution in [3.63, 3.8) is 0 Å². The Kier molecular flexibility index (Phi) is 6.76. The molecule has 0 saturated heterocycles. The van der Waals surface area contributed by atoms with Gasteiger partial charge < -0.3 is 14.6 Å². The lowest BCUT2D eigenvalue weighted by Gasteiger charge is -2.12. The molecule has 5 nitrogen and oxygen atoms in total. The van der Waals surface area contributed by atoms with Crippen molar-refractivity contribution >= 4 is 0 Å². The lowest BCUT2D eigenvalue weighted by atomic mass is 10.2. The van der Waals surface area contributed by atoms with Crippen LogP contribution in [0.2, 0.25) is 0 Å². The van der Waals surface area contributed by atoms with Crippen LogP contribution >= 0.6 is 0 Å². The summed E-state index contributed by atoms with van der Waals surface area (Å²) in [5.74, 6) is 0. The first-order valence-electron chi connectivity index (χ1n) is 5.87. The Balaban J connectivity index is 1.91. The number of nitrogens with one attached hydrogen (secondary N) is 1. The van der Waals surface area contributed by atoms with E-state index in [1.807, 2.05) is 4.57 Å². The van der Waals surface area contributed by atoms with Crippen LogP contribution in [-0.2, 0) is 11.3 Å². The van der Waals surface area contributed by atoms with E-state index in [4.69, 9.17) is 4.74 Å². The number of methoxy groups -OCH3 is 1. The fourth-order valence-corrected chi connectivity index (χ4v) is 1.50. The first-order chi connectivity index (χ1) is 7.83. The molecule has 0 saturated carbocycles. The Morgan fingerprint density at radius 3 is 2.75 bits per heavy atom. The second-order valence-corrected chi connectivity index (χ2v) is 4.04. The first-order valence-corrected chi connectivity index (χ1v) is 5.87. The third-order valence-corrected chi connectivity index (χ3v) is 2.56. The van der Waals surface area contributed by atoms with E-state index in [-0.39, 0.29) is 0 Å². The minimum Gasteiger partial charge on any atom is -0.385 e. The summed E-state index contributed by atoms with van der Waals surface area (Å²) in [5, 5.41) is 11.0. The van der Waals surface area contributed by atoms with Crippen molar-refractivity contribution in [1.82, 2.24) is 20.1 Å². The van der Waals surface area contributed by atoms with E-state index >= 15 is 0 Å². The second kappa shape index (κ2) is 8.24. The minimum atomic E-state index is 0.537. The fraction of sp³-hybridized carbons (Fsp3) is 0.818. The quantitative estimate of drug-likeness (QED) is 0.640. The Bertz CT molecular complexity index is 250. The molecule has 1 unspecified atom stereocenters. The van der Waals surface area contributed by atoms with Gasteiger partial charge in [0.2, 0.25) is 0 Å². The van der Waals surface area contributed by atoms with Crippen LogP contribution in [0.3, 0.4) is 0 Å².